The number of alkyl carbamates (subject to hydrolysis) is 1. The number of amides is 4. The maximum Gasteiger partial charge on any atom is 0.407 e. The first-order valence-electron chi connectivity index (χ1n) is 19.7. The Morgan fingerprint density at radius 1 is 0.982 bits per heavy atom. The molecule has 15 nitrogen and oxygen atoms in total. The van der Waals surface area contributed by atoms with Crippen molar-refractivity contribution in [2.75, 3.05) is 27.4 Å². The number of sulfonamides is 1. The van der Waals surface area contributed by atoms with E-state index in [0.717, 1.165) is 44.1 Å². The number of aryl methyl sites for hydroxylation is 1. The molecule has 2 aliphatic carbocycles. The number of hydrogen-bond donors (Lipinski definition) is 3. The zero-order valence-electron chi connectivity index (χ0n) is 31.9. The van der Waals surface area contributed by atoms with Gasteiger partial charge in [0.25, 0.3) is 5.91 Å². The van der Waals surface area contributed by atoms with Gasteiger partial charge < -0.3 is 34.5 Å². The molecule has 2 saturated heterocycles. The van der Waals surface area contributed by atoms with Gasteiger partial charge in [-0.2, -0.15) is 0 Å². The Hall–Kier alpha value is -4.34. The predicted octanol–water partition coefficient (Wildman–Crippen LogP) is 3.90. The van der Waals surface area contributed by atoms with E-state index in [2.05, 4.69) is 20.3 Å². The summed E-state index contributed by atoms with van der Waals surface area (Å²) >= 11 is 0. The van der Waals surface area contributed by atoms with Gasteiger partial charge in [-0.05, 0) is 74.8 Å². The Labute approximate surface area is 322 Å². The highest BCUT2D eigenvalue weighted by atomic mass is 32.2. The Morgan fingerprint density at radius 2 is 1.75 bits per heavy atom. The van der Waals surface area contributed by atoms with Crippen LogP contribution in [0.4, 0.5) is 4.79 Å². The minimum Gasteiger partial charge on any atom is -0.496 e. The lowest BCUT2D eigenvalue weighted by atomic mass is 9.99. The number of nitrogens with zero attached hydrogens (tertiary/aromatic N) is 2. The molecule has 2 saturated carbocycles. The van der Waals surface area contributed by atoms with E-state index >= 15 is 0 Å². The quantitative estimate of drug-likeness (QED) is 0.399. The second kappa shape index (κ2) is 16.0. The Kier molecular flexibility index (Phi) is 11.3. The van der Waals surface area contributed by atoms with Crippen molar-refractivity contribution in [2.24, 2.45) is 11.8 Å². The van der Waals surface area contributed by atoms with E-state index in [4.69, 9.17) is 18.9 Å². The molecular weight excluding hydrogens is 731 g/mol. The van der Waals surface area contributed by atoms with Gasteiger partial charge in [-0.15, -0.1) is 0 Å². The second-order valence-corrected chi connectivity index (χ2v) is 18.0. The molecule has 5 aliphatic rings. The number of fused-ring (bicyclic) bond motifs is 4. The molecule has 4 fully saturated rings. The second-order valence-electron chi connectivity index (χ2n) is 16.0. The number of pyridine rings is 1. The van der Waals surface area contributed by atoms with E-state index in [-0.39, 0.29) is 31.4 Å². The lowest BCUT2D eigenvalue weighted by Gasteiger charge is -2.30. The van der Waals surface area contributed by atoms with Gasteiger partial charge in [0.2, 0.25) is 27.7 Å². The Balaban J connectivity index is 1.25. The molecule has 6 atom stereocenters. The van der Waals surface area contributed by atoms with E-state index < -0.39 is 62.8 Å². The van der Waals surface area contributed by atoms with Crippen LogP contribution in [0, 0.1) is 11.8 Å². The fraction of sp³-hybridized carbons (Fsp3) is 0.667. The third kappa shape index (κ3) is 8.58. The van der Waals surface area contributed by atoms with Crippen molar-refractivity contribution in [3.8, 4) is 17.4 Å². The van der Waals surface area contributed by atoms with Crippen LogP contribution in [0.2, 0.25) is 0 Å². The maximum atomic E-state index is 14.6. The topological polar surface area (TPSA) is 192 Å². The van der Waals surface area contributed by atoms with Gasteiger partial charge in [-0.1, -0.05) is 39.0 Å². The van der Waals surface area contributed by atoms with Crippen molar-refractivity contribution in [2.45, 2.75) is 126 Å². The fourth-order valence-corrected chi connectivity index (χ4v) is 9.76. The summed E-state index contributed by atoms with van der Waals surface area (Å²) in [5.41, 5.74) is 0.118. The molecule has 1 aromatic carbocycles. The molecule has 0 spiro atoms. The number of hydrogen-bond acceptors (Lipinski definition) is 11. The van der Waals surface area contributed by atoms with E-state index in [0.29, 0.717) is 73.2 Å². The number of carbonyl (C=O) groups is 4. The van der Waals surface area contributed by atoms with Crippen LogP contribution < -0.4 is 29.6 Å². The highest BCUT2D eigenvalue weighted by Crippen LogP contribution is 2.48. The lowest BCUT2D eigenvalue weighted by Crippen LogP contribution is -2.58. The van der Waals surface area contributed by atoms with Crippen LogP contribution >= 0.6 is 0 Å². The smallest absolute Gasteiger partial charge is 0.407 e. The first-order valence-corrected chi connectivity index (χ1v) is 21.3. The minimum absolute atomic E-state index is 0.00894. The summed E-state index contributed by atoms with van der Waals surface area (Å²) in [6.45, 7) is 2.18. The van der Waals surface area contributed by atoms with Gasteiger partial charge in [0, 0.05) is 23.9 Å². The van der Waals surface area contributed by atoms with Gasteiger partial charge in [0.15, 0.2) is 0 Å². The molecule has 3 aliphatic heterocycles. The number of aromatic nitrogens is 1. The van der Waals surface area contributed by atoms with Crippen molar-refractivity contribution in [3.05, 3.63) is 23.8 Å². The van der Waals surface area contributed by atoms with Crippen LogP contribution in [0.15, 0.2) is 18.2 Å². The van der Waals surface area contributed by atoms with Crippen molar-refractivity contribution in [1.29, 1.82) is 0 Å². The van der Waals surface area contributed by atoms with E-state index in [1.54, 1.807) is 13.2 Å². The van der Waals surface area contributed by atoms with Crippen molar-refractivity contribution in [1.82, 2.24) is 25.2 Å². The van der Waals surface area contributed by atoms with Crippen LogP contribution in [0.25, 0.3) is 10.9 Å². The number of carbonyl (C=O) groups excluding carboxylic acids is 4. The first kappa shape index (κ1) is 38.9. The van der Waals surface area contributed by atoms with Gasteiger partial charge in [0.1, 0.15) is 35.2 Å². The van der Waals surface area contributed by atoms with Gasteiger partial charge in [-0.25, -0.2) is 18.2 Å². The van der Waals surface area contributed by atoms with E-state index in [1.807, 2.05) is 19.1 Å². The minimum atomic E-state index is -3.87. The number of ether oxygens (including phenoxy) is 4. The van der Waals surface area contributed by atoms with E-state index in [1.165, 1.54) is 12.0 Å². The number of benzene rings is 1. The van der Waals surface area contributed by atoms with Gasteiger partial charge in [-0.3, -0.25) is 19.1 Å². The molecule has 300 valence electrons. The van der Waals surface area contributed by atoms with Crippen LogP contribution in [0.5, 0.6) is 17.4 Å². The normalized spacial score (nSPS) is 29.6. The number of rotatable bonds is 5. The first-order chi connectivity index (χ1) is 26.4. The molecule has 4 heterocycles. The molecule has 2 aromatic rings. The largest absolute Gasteiger partial charge is 0.496 e. The van der Waals surface area contributed by atoms with Gasteiger partial charge in [0.05, 0.1) is 38.1 Å². The van der Waals surface area contributed by atoms with E-state index in [9.17, 15) is 27.6 Å². The molecule has 4 amide bonds. The molecule has 5 bridgehead atoms. The number of nitrogens with one attached hydrogen (secondary N) is 3. The fourth-order valence-electron chi connectivity index (χ4n) is 8.39. The molecule has 3 N–H and O–H groups in total. The highest BCUT2D eigenvalue weighted by molar-refractivity contribution is 7.91. The third-order valence-corrected chi connectivity index (χ3v) is 13.7. The van der Waals surface area contributed by atoms with Crippen LogP contribution in [-0.2, 0) is 35.6 Å². The zero-order chi connectivity index (χ0) is 38.9. The monoisotopic (exact) mass is 783 g/mol. The standard InChI is InChI=1S/C39H53N5O10S/c1-23-10-9-11-24-16-28-30(18-32(24)51-2)40-34(52-3)19-33(28)54-26-17-31-35(45)42-39(37(47)43-55(49,50)27-14-15-27)20-25(39)12-7-5-4-6-8-13-29(36(46)44(31)21-26)41-38(48)53-22-23/h16,18-19,23,25-27,29,31H,4-15,17,20-22H2,1-3H3,(H,41,48)(H,42,45)(H,43,47)/t23-,25?,26+,29-,31-,39+/m0/s1. The molecule has 1 unspecified atom stereocenters. The summed E-state index contributed by atoms with van der Waals surface area (Å²) in [6.07, 6.45) is 7.30. The summed E-state index contributed by atoms with van der Waals surface area (Å²) < 4.78 is 51.6. The summed E-state index contributed by atoms with van der Waals surface area (Å²) in [7, 11) is -0.755. The van der Waals surface area contributed by atoms with Crippen LogP contribution in [0.1, 0.15) is 96.0 Å². The average molecular weight is 784 g/mol. The van der Waals surface area contributed by atoms with Crippen molar-refractivity contribution in [3.63, 3.8) is 0 Å². The average Bonchev–Trinajstić information content (AvgIpc) is 4.09. The number of methoxy groups -OCH3 is 2. The summed E-state index contributed by atoms with van der Waals surface area (Å²) in [5, 5.41) is 5.86. The zero-order valence-corrected chi connectivity index (χ0v) is 32.7. The highest BCUT2D eigenvalue weighted by Gasteiger charge is 2.62. The molecule has 0 radical (unpaired) electrons. The predicted molar refractivity (Wildman–Crippen MR) is 201 cm³/mol. The molecular formula is C39H53N5O10S. The molecule has 7 rings (SSSR count). The van der Waals surface area contributed by atoms with Crippen molar-refractivity contribution < 1.29 is 46.5 Å². The van der Waals surface area contributed by atoms with Crippen molar-refractivity contribution >= 4 is 44.7 Å². The SMILES string of the molecule is COc1cc2c3cc(c(OC)cc3n1)CCC[C@H](C)COC(=O)N[C@H]1CCCCCCCC3C[C@@]3(C(=O)NS(=O)(=O)C3CC3)NC(=O)[C@@H]3C[C@H](CN3C1=O)O2. The summed E-state index contributed by atoms with van der Waals surface area (Å²) in [6, 6.07) is 3.47. The lowest BCUT2D eigenvalue weighted by molar-refractivity contribution is -0.141. The van der Waals surface area contributed by atoms with Crippen LogP contribution in [0.3, 0.4) is 0 Å². The maximum absolute atomic E-state index is 14.6. The molecule has 55 heavy (non-hydrogen) atoms. The van der Waals surface area contributed by atoms with Gasteiger partial charge >= 0.3 is 6.09 Å². The molecule has 16 heteroatoms. The third-order valence-electron chi connectivity index (χ3n) is 11.8. The number of cyclic esters (lactones) is 1. The molecule has 1 aromatic heterocycles. The Morgan fingerprint density at radius 3 is 2.49 bits per heavy atom. The van der Waals surface area contributed by atoms with Crippen LogP contribution in [-0.4, -0.2) is 98.5 Å². The Bertz CT molecular complexity index is 1920. The summed E-state index contributed by atoms with van der Waals surface area (Å²) in [5.74, 6) is -0.537. The summed E-state index contributed by atoms with van der Waals surface area (Å²) in [4.78, 5) is 62.1.